The number of halogens is 2. The molecule has 8 nitrogen and oxygen atoms in total. The molecule has 0 saturated heterocycles. The van der Waals surface area contributed by atoms with Crippen molar-refractivity contribution >= 4 is 43.8 Å². The molecule has 2 aromatic heterocycles. The number of sulfone groups is 1. The fraction of sp³-hybridized carbons (Fsp3) is 0.250. The molecule has 5 aromatic rings. The number of furan rings is 1. The summed E-state index contributed by atoms with van der Waals surface area (Å²) >= 11 is 6.50. The molecule has 6 rings (SSSR count). The molecular formula is C32H30ClFN4O4S. The largest absolute Gasteiger partial charge is 0.487 e. The first-order valence-electron chi connectivity index (χ1n) is 13.9. The van der Waals surface area contributed by atoms with Crippen LogP contribution < -0.4 is 15.4 Å². The van der Waals surface area contributed by atoms with Crippen molar-refractivity contribution in [3.05, 3.63) is 101 Å². The monoisotopic (exact) mass is 620 g/mol. The van der Waals surface area contributed by atoms with Crippen molar-refractivity contribution in [2.24, 2.45) is 5.92 Å². The van der Waals surface area contributed by atoms with Gasteiger partial charge in [0.25, 0.3) is 0 Å². The summed E-state index contributed by atoms with van der Waals surface area (Å²) in [4.78, 5) is 8.85. The summed E-state index contributed by atoms with van der Waals surface area (Å²) in [5.74, 6) is 2.48. The molecule has 11 heteroatoms. The molecule has 0 amide bonds. The molecule has 1 atom stereocenters. The van der Waals surface area contributed by atoms with Gasteiger partial charge in [0, 0.05) is 22.9 Å². The lowest BCUT2D eigenvalue weighted by atomic mass is 10.1. The molecule has 1 aliphatic rings. The first kappa shape index (κ1) is 29.1. The summed E-state index contributed by atoms with van der Waals surface area (Å²) in [7, 11) is -3.22. The summed E-state index contributed by atoms with van der Waals surface area (Å²) in [6.07, 6.45) is 5.05. The van der Waals surface area contributed by atoms with Gasteiger partial charge in [-0.05, 0) is 91.5 Å². The Bertz CT molecular complexity index is 1880. The van der Waals surface area contributed by atoms with Gasteiger partial charge < -0.3 is 19.8 Å². The van der Waals surface area contributed by atoms with E-state index in [1.807, 2.05) is 36.4 Å². The first-order valence-corrected chi connectivity index (χ1v) is 16.3. The predicted octanol–water partition coefficient (Wildman–Crippen LogP) is 7.09. The van der Waals surface area contributed by atoms with E-state index in [9.17, 15) is 12.8 Å². The Hall–Kier alpha value is -3.99. The van der Waals surface area contributed by atoms with Crippen molar-refractivity contribution in [1.82, 2.24) is 15.3 Å². The van der Waals surface area contributed by atoms with Crippen LogP contribution in [0, 0.1) is 11.7 Å². The van der Waals surface area contributed by atoms with Gasteiger partial charge in [-0.1, -0.05) is 23.7 Å². The van der Waals surface area contributed by atoms with Gasteiger partial charge in [0.05, 0.1) is 22.3 Å². The summed E-state index contributed by atoms with van der Waals surface area (Å²) < 4.78 is 49.7. The number of rotatable bonds is 12. The van der Waals surface area contributed by atoms with Crippen LogP contribution in [0.15, 0.2) is 83.5 Å². The number of nitrogens with one attached hydrogen (secondary N) is 2. The highest BCUT2D eigenvalue weighted by Gasteiger charge is 2.26. The van der Waals surface area contributed by atoms with Gasteiger partial charge >= 0.3 is 0 Å². The van der Waals surface area contributed by atoms with Gasteiger partial charge in [-0.15, -0.1) is 0 Å². The fourth-order valence-electron chi connectivity index (χ4n) is 4.80. The van der Waals surface area contributed by atoms with Crippen molar-refractivity contribution in [1.29, 1.82) is 0 Å². The lowest BCUT2D eigenvalue weighted by Gasteiger charge is -2.15. The lowest BCUT2D eigenvalue weighted by Crippen LogP contribution is -2.29. The summed E-state index contributed by atoms with van der Waals surface area (Å²) in [5, 5.41) is 7.84. The zero-order valence-corrected chi connectivity index (χ0v) is 25.0. The molecule has 0 aliphatic heterocycles. The quantitative estimate of drug-likeness (QED) is 0.152. The summed E-state index contributed by atoms with van der Waals surface area (Å²) in [6, 6.07) is 20.5. The van der Waals surface area contributed by atoms with E-state index >= 15 is 0 Å². The minimum absolute atomic E-state index is 0.0382. The van der Waals surface area contributed by atoms with Crippen molar-refractivity contribution < 1.29 is 22.0 Å². The molecule has 1 saturated carbocycles. The first-order chi connectivity index (χ1) is 20.7. The SMILES string of the molecule is CS(=O)(=O)C[C@H](NCC1CC1)c1ccc(-c2ccc3ncnc(Nc4ccc(OCc5cccc(F)c5)c(Cl)c4)c3c2)o1. The topological polar surface area (TPSA) is 106 Å². The Morgan fingerprint density at radius 1 is 1.07 bits per heavy atom. The van der Waals surface area contributed by atoms with Gasteiger partial charge in [0.2, 0.25) is 0 Å². The van der Waals surface area contributed by atoms with Crippen LogP contribution in [-0.2, 0) is 16.4 Å². The van der Waals surface area contributed by atoms with E-state index in [0.29, 0.717) is 45.3 Å². The average molecular weight is 621 g/mol. The third-order valence-corrected chi connectivity index (χ3v) is 8.42. The Morgan fingerprint density at radius 2 is 1.93 bits per heavy atom. The predicted molar refractivity (Wildman–Crippen MR) is 166 cm³/mol. The third-order valence-electron chi connectivity index (χ3n) is 7.19. The normalized spacial score (nSPS) is 14.1. The zero-order chi connectivity index (χ0) is 30.0. The van der Waals surface area contributed by atoms with E-state index in [1.54, 1.807) is 24.3 Å². The second-order valence-electron chi connectivity index (χ2n) is 10.8. The molecule has 0 radical (unpaired) electrons. The number of ether oxygens (including phenoxy) is 1. The van der Waals surface area contributed by atoms with Gasteiger partial charge in [-0.2, -0.15) is 0 Å². The minimum Gasteiger partial charge on any atom is -0.487 e. The molecule has 3 aromatic carbocycles. The summed E-state index contributed by atoms with van der Waals surface area (Å²) in [6.45, 7) is 0.951. The maximum absolute atomic E-state index is 13.5. The second kappa shape index (κ2) is 12.3. The van der Waals surface area contributed by atoms with Gasteiger partial charge in [-0.25, -0.2) is 22.8 Å². The van der Waals surface area contributed by atoms with E-state index in [-0.39, 0.29) is 18.2 Å². The van der Waals surface area contributed by atoms with Crippen molar-refractivity contribution in [3.8, 4) is 17.1 Å². The average Bonchev–Trinajstić information content (AvgIpc) is 3.67. The van der Waals surface area contributed by atoms with Crippen LogP contribution in [0.3, 0.4) is 0 Å². The van der Waals surface area contributed by atoms with Crippen LogP contribution in [0.1, 0.15) is 30.2 Å². The number of fused-ring (bicyclic) bond motifs is 1. The number of hydrogen-bond acceptors (Lipinski definition) is 8. The lowest BCUT2D eigenvalue weighted by molar-refractivity contribution is 0.306. The smallest absolute Gasteiger partial charge is 0.149 e. The number of hydrogen-bond donors (Lipinski definition) is 2. The third kappa shape index (κ3) is 7.51. The minimum atomic E-state index is -3.22. The Balaban J connectivity index is 1.21. The Kier molecular flexibility index (Phi) is 8.34. The van der Waals surface area contributed by atoms with Crippen molar-refractivity contribution in [2.45, 2.75) is 25.5 Å². The molecule has 0 bridgehead atoms. The highest BCUT2D eigenvalue weighted by Crippen LogP contribution is 2.34. The number of aromatic nitrogens is 2. The van der Waals surface area contributed by atoms with E-state index in [2.05, 4.69) is 20.6 Å². The van der Waals surface area contributed by atoms with Crippen LogP contribution in [0.2, 0.25) is 5.02 Å². The van der Waals surface area contributed by atoms with Crippen LogP contribution in [0.5, 0.6) is 5.75 Å². The highest BCUT2D eigenvalue weighted by atomic mass is 35.5. The van der Waals surface area contributed by atoms with Crippen LogP contribution in [-0.4, -0.2) is 36.9 Å². The molecule has 0 spiro atoms. The van der Waals surface area contributed by atoms with E-state index in [1.165, 1.54) is 24.7 Å². The molecule has 1 fully saturated rings. The Labute approximate surface area is 254 Å². The van der Waals surface area contributed by atoms with Gasteiger partial charge in [0.1, 0.15) is 51.7 Å². The molecule has 222 valence electrons. The van der Waals surface area contributed by atoms with Crippen LogP contribution >= 0.6 is 11.6 Å². The summed E-state index contributed by atoms with van der Waals surface area (Å²) in [5.41, 5.74) is 2.93. The van der Waals surface area contributed by atoms with Gasteiger partial charge in [-0.3, -0.25) is 0 Å². The molecular weight excluding hydrogens is 591 g/mol. The van der Waals surface area contributed by atoms with E-state index in [4.69, 9.17) is 20.8 Å². The number of benzene rings is 3. The van der Waals surface area contributed by atoms with Crippen molar-refractivity contribution in [3.63, 3.8) is 0 Å². The number of nitrogens with zero attached hydrogens (tertiary/aromatic N) is 2. The maximum Gasteiger partial charge on any atom is 0.149 e. The molecule has 2 N–H and O–H groups in total. The van der Waals surface area contributed by atoms with Gasteiger partial charge in [0.15, 0.2) is 0 Å². The fourth-order valence-corrected chi connectivity index (χ4v) is 5.92. The van der Waals surface area contributed by atoms with E-state index in [0.717, 1.165) is 35.9 Å². The number of anilines is 2. The molecule has 2 heterocycles. The highest BCUT2D eigenvalue weighted by molar-refractivity contribution is 7.90. The molecule has 1 aliphatic carbocycles. The van der Waals surface area contributed by atoms with Crippen LogP contribution in [0.25, 0.3) is 22.2 Å². The van der Waals surface area contributed by atoms with Crippen molar-refractivity contribution in [2.75, 3.05) is 23.9 Å². The molecule has 43 heavy (non-hydrogen) atoms. The Morgan fingerprint density at radius 3 is 2.70 bits per heavy atom. The maximum atomic E-state index is 13.5. The zero-order valence-electron chi connectivity index (χ0n) is 23.4. The van der Waals surface area contributed by atoms with E-state index < -0.39 is 15.9 Å². The van der Waals surface area contributed by atoms with Crippen LogP contribution in [0.4, 0.5) is 15.9 Å². The second-order valence-corrected chi connectivity index (χ2v) is 13.4. The molecule has 0 unspecified atom stereocenters. The standard InChI is InChI=1S/C32H30ClFN4O4S/c1-43(39,40)18-28(35-16-20-5-6-20)31-12-11-29(42-31)22-7-9-27-25(14-22)32(37-19-36-27)38-24-8-10-30(26(33)15-24)41-17-21-3-2-4-23(34)13-21/h2-4,7-15,19-20,28,35H,5-6,16-18H2,1H3,(H,36,37,38)/t28-/m0/s1.